The average molecular weight is 332 g/mol. The predicted molar refractivity (Wildman–Crippen MR) is 89.7 cm³/mol. The van der Waals surface area contributed by atoms with Gasteiger partial charge in [0.05, 0.1) is 18.4 Å². The van der Waals surface area contributed by atoms with Crippen molar-refractivity contribution < 1.29 is 18.7 Å². The molecule has 1 N–H and O–H groups in total. The monoisotopic (exact) mass is 332 g/mol. The SMILES string of the molecule is CCOC(=O)c1cc2occc2n1CC(=O)N[C@H]1CCCC[C@H]1C. The number of rotatable bonds is 5. The molecule has 0 spiro atoms. The number of hydrogen-bond acceptors (Lipinski definition) is 4. The van der Waals surface area contributed by atoms with Crippen molar-refractivity contribution in [3.8, 4) is 0 Å². The zero-order chi connectivity index (χ0) is 17.1. The lowest BCUT2D eigenvalue weighted by Gasteiger charge is -2.29. The Balaban J connectivity index is 1.77. The molecule has 6 nitrogen and oxygen atoms in total. The Labute approximate surface area is 141 Å². The molecule has 24 heavy (non-hydrogen) atoms. The molecule has 1 saturated carbocycles. The van der Waals surface area contributed by atoms with Crippen LogP contribution in [0.15, 0.2) is 22.8 Å². The molecule has 0 unspecified atom stereocenters. The van der Waals surface area contributed by atoms with Crippen LogP contribution in [0.5, 0.6) is 0 Å². The van der Waals surface area contributed by atoms with Gasteiger partial charge in [-0.2, -0.15) is 0 Å². The van der Waals surface area contributed by atoms with Gasteiger partial charge in [-0.3, -0.25) is 4.79 Å². The molecule has 1 fully saturated rings. The summed E-state index contributed by atoms with van der Waals surface area (Å²) in [5.74, 6) is -0.0356. The minimum atomic E-state index is -0.442. The average Bonchev–Trinajstić information content (AvgIpc) is 3.12. The first kappa shape index (κ1) is 16.6. The molecule has 2 atom stereocenters. The van der Waals surface area contributed by atoms with Crippen LogP contribution in [0.1, 0.15) is 50.0 Å². The van der Waals surface area contributed by atoms with E-state index in [0.29, 0.717) is 17.2 Å². The fraction of sp³-hybridized carbons (Fsp3) is 0.556. The molecule has 2 aromatic heterocycles. The minimum Gasteiger partial charge on any atom is -0.463 e. The second-order valence-electron chi connectivity index (χ2n) is 6.44. The molecule has 1 amide bonds. The molecule has 3 rings (SSSR count). The molecule has 0 saturated heterocycles. The first-order chi connectivity index (χ1) is 11.6. The maximum absolute atomic E-state index is 12.5. The fourth-order valence-electron chi connectivity index (χ4n) is 3.45. The van der Waals surface area contributed by atoms with E-state index in [9.17, 15) is 9.59 Å². The van der Waals surface area contributed by atoms with E-state index in [0.717, 1.165) is 24.8 Å². The second-order valence-corrected chi connectivity index (χ2v) is 6.44. The number of amides is 1. The number of carbonyl (C=O) groups excluding carboxylic acids is 2. The molecule has 1 aliphatic rings. The lowest BCUT2D eigenvalue weighted by atomic mass is 9.86. The van der Waals surface area contributed by atoms with Crippen LogP contribution in [0, 0.1) is 5.92 Å². The van der Waals surface area contributed by atoms with Crippen molar-refractivity contribution >= 4 is 23.0 Å². The highest BCUT2D eigenvalue weighted by molar-refractivity contribution is 5.95. The topological polar surface area (TPSA) is 73.5 Å². The largest absolute Gasteiger partial charge is 0.463 e. The molecule has 1 aliphatic carbocycles. The van der Waals surface area contributed by atoms with E-state index < -0.39 is 5.97 Å². The van der Waals surface area contributed by atoms with E-state index >= 15 is 0 Å². The summed E-state index contributed by atoms with van der Waals surface area (Å²) in [4.78, 5) is 24.6. The third kappa shape index (κ3) is 3.32. The molecular weight excluding hydrogens is 308 g/mol. The van der Waals surface area contributed by atoms with Crippen molar-refractivity contribution in [1.82, 2.24) is 9.88 Å². The van der Waals surface area contributed by atoms with E-state index in [-0.39, 0.29) is 25.1 Å². The summed E-state index contributed by atoms with van der Waals surface area (Å²) in [6.45, 7) is 4.31. The Kier molecular flexibility index (Phi) is 4.92. The number of esters is 1. The second kappa shape index (κ2) is 7.11. The summed E-state index contributed by atoms with van der Waals surface area (Å²) in [6, 6.07) is 3.60. The maximum atomic E-state index is 12.5. The van der Waals surface area contributed by atoms with Gasteiger partial charge in [-0.05, 0) is 25.7 Å². The summed E-state index contributed by atoms with van der Waals surface area (Å²) in [5.41, 5.74) is 1.65. The van der Waals surface area contributed by atoms with Crippen LogP contribution in [0.3, 0.4) is 0 Å². The van der Waals surface area contributed by atoms with Crippen molar-refractivity contribution in [2.75, 3.05) is 6.61 Å². The molecule has 0 aliphatic heterocycles. The quantitative estimate of drug-likeness (QED) is 0.854. The first-order valence-corrected chi connectivity index (χ1v) is 8.63. The van der Waals surface area contributed by atoms with E-state index in [1.165, 1.54) is 6.42 Å². The number of nitrogens with one attached hydrogen (secondary N) is 1. The number of nitrogens with zero attached hydrogens (tertiary/aromatic N) is 1. The van der Waals surface area contributed by atoms with Crippen LogP contribution in [-0.2, 0) is 16.1 Å². The summed E-state index contributed by atoms with van der Waals surface area (Å²) in [5, 5.41) is 3.12. The molecule has 2 heterocycles. The molecular formula is C18H24N2O4. The van der Waals surface area contributed by atoms with Crippen molar-refractivity contribution in [2.45, 2.75) is 52.1 Å². The number of aromatic nitrogens is 1. The van der Waals surface area contributed by atoms with Gasteiger partial charge >= 0.3 is 5.97 Å². The van der Waals surface area contributed by atoms with Gasteiger partial charge in [-0.25, -0.2) is 4.79 Å². The molecule has 130 valence electrons. The Morgan fingerprint density at radius 3 is 2.92 bits per heavy atom. The molecule has 6 heteroatoms. The van der Waals surface area contributed by atoms with Crippen LogP contribution in [0.25, 0.3) is 11.1 Å². The van der Waals surface area contributed by atoms with E-state index in [1.807, 2.05) is 0 Å². The Hall–Kier alpha value is -2.24. The lowest BCUT2D eigenvalue weighted by Crippen LogP contribution is -2.42. The number of hydrogen-bond donors (Lipinski definition) is 1. The van der Waals surface area contributed by atoms with Crippen LogP contribution < -0.4 is 5.32 Å². The summed E-state index contributed by atoms with van der Waals surface area (Å²) in [7, 11) is 0. The smallest absolute Gasteiger partial charge is 0.355 e. The molecule has 2 aromatic rings. The third-order valence-corrected chi connectivity index (χ3v) is 4.77. The number of carbonyl (C=O) groups is 2. The van der Waals surface area contributed by atoms with Gasteiger partial charge in [0.2, 0.25) is 5.91 Å². The Bertz CT molecular complexity index is 731. The highest BCUT2D eigenvalue weighted by atomic mass is 16.5. The first-order valence-electron chi connectivity index (χ1n) is 8.63. The van der Waals surface area contributed by atoms with Gasteiger partial charge in [0.1, 0.15) is 12.2 Å². The van der Waals surface area contributed by atoms with Crippen molar-refractivity contribution in [3.63, 3.8) is 0 Å². The third-order valence-electron chi connectivity index (χ3n) is 4.77. The normalized spacial score (nSPS) is 20.9. The number of fused-ring (bicyclic) bond motifs is 1. The van der Waals surface area contributed by atoms with Gasteiger partial charge in [0, 0.05) is 18.2 Å². The van der Waals surface area contributed by atoms with Gasteiger partial charge in [-0.15, -0.1) is 0 Å². The van der Waals surface area contributed by atoms with Crippen molar-refractivity contribution in [3.05, 3.63) is 24.1 Å². The van der Waals surface area contributed by atoms with Gasteiger partial charge in [0.25, 0.3) is 0 Å². The zero-order valence-corrected chi connectivity index (χ0v) is 14.2. The summed E-state index contributed by atoms with van der Waals surface area (Å²) >= 11 is 0. The Morgan fingerprint density at radius 1 is 1.38 bits per heavy atom. The van der Waals surface area contributed by atoms with E-state index in [2.05, 4.69) is 12.2 Å². The van der Waals surface area contributed by atoms with E-state index in [4.69, 9.17) is 9.15 Å². The highest BCUT2D eigenvalue weighted by Gasteiger charge is 2.25. The van der Waals surface area contributed by atoms with Crippen molar-refractivity contribution in [1.29, 1.82) is 0 Å². The standard InChI is InChI=1S/C18H24N2O4/c1-3-23-18(22)15-10-16-14(8-9-24-16)20(15)11-17(21)19-13-7-5-4-6-12(13)2/h8-10,12-13H,3-7,11H2,1-2H3,(H,19,21)/t12-,13+/m1/s1. The number of furan rings is 1. The molecule has 0 bridgehead atoms. The minimum absolute atomic E-state index is 0.0837. The zero-order valence-electron chi connectivity index (χ0n) is 14.2. The van der Waals surface area contributed by atoms with Crippen LogP contribution in [0.2, 0.25) is 0 Å². The van der Waals surface area contributed by atoms with Crippen molar-refractivity contribution in [2.24, 2.45) is 5.92 Å². The molecule has 0 aromatic carbocycles. The van der Waals surface area contributed by atoms with E-state index in [1.54, 1.807) is 29.9 Å². The molecule has 0 radical (unpaired) electrons. The Morgan fingerprint density at radius 2 is 2.17 bits per heavy atom. The van der Waals surface area contributed by atoms with Gasteiger partial charge in [-0.1, -0.05) is 19.8 Å². The summed E-state index contributed by atoms with van der Waals surface area (Å²) < 4.78 is 12.1. The fourth-order valence-corrected chi connectivity index (χ4v) is 3.45. The predicted octanol–water partition coefficient (Wildman–Crippen LogP) is 3.11. The van der Waals surface area contributed by atoms with Gasteiger partial charge in [0.15, 0.2) is 5.58 Å². The maximum Gasteiger partial charge on any atom is 0.355 e. The van der Waals surface area contributed by atoms with Crippen LogP contribution in [-0.4, -0.2) is 29.1 Å². The van der Waals surface area contributed by atoms with Gasteiger partial charge < -0.3 is 19.0 Å². The number of ether oxygens (including phenoxy) is 1. The van der Waals surface area contributed by atoms with Crippen LogP contribution in [0.4, 0.5) is 0 Å². The summed E-state index contributed by atoms with van der Waals surface area (Å²) in [6.07, 6.45) is 6.10. The lowest BCUT2D eigenvalue weighted by molar-refractivity contribution is -0.122. The highest BCUT2D eigenvalue weighted by Crippen LogP contribution is 2.24. The van der Waals surface area contributed by atoms with Crippen LogP contribution >= 0.6 is 0 Å².